The van der Waals surface area contributed by atoms with E-state index in [1.807, 2.05) is 0 Å². The number of hydrogen-bond acceptors (Lipinski definition) is 7. The normalized spacial score (nSPS) is 12.2. The Labute approximate surface area is 98.9 Å². The van der Waals surface area contributed by atoms with Crippen molar-refractivity contribution in [2.24, 2.45) is 0 Å². The van der Waals surface area contributed by atoms with E-state index in [9.17, 15) is 31.3 Å². The number of aromatic nitrogens is 2. The number of imidazole rings is 1. The van der Waals surface area contributed by atoms with E-state index < -0.39 is 33.9 Å². The van der Waals surface area contributed by atoms with E-state index in [1.54, 1.807) is 0 Å². The van der Waals surface area contributed by atoms with E-state index >= 15 is 0 Å². The number of carbonyl (C=O) groups is 2. The van der Waals surface area contributed by atoms with Crippen LogP contribution in [0.1, 0.15) is 4.79 Å². The predicted octanol–water partition coefficient (Wildman–Crippen LogP) is -0.796. The lowest BCUT2D eigenvalue weighted by atomic mass is 10.6. The molecule has 1 aromatic rings. The van der Waals surface area contributed by atoms with Gasteiger partial charge in [-0.3, -0.25) is 9.36 Å². The molecule has 0 aliphatic carbocycles. The van der Waals surface area contributed by atoms with Gasteiger partial charge in [-0.15, -0.1) is 0 Å². The third-order valence-electron chi connectivity index (χ3n) is 1.67. The molecule has 0 saturated carbocycles. The number of rotatable bonds is 4. The topological polar surface area (TPSA) is 118 Å². The van der Waals surface area contributed by atoms with Crippen molar-refractivity contribution in [1.82, 2.24) is 9.55 Å². The zero-order chi connectivity index (χ0) is 14.0. The van der Waals surface area contributed by atoms with E-state index in [4.69, 9.17) is 0 Å². The molecule has 100 valence electrons. The summed E-state index contributed by atoms with van der Waals surface area (Å²) >= 11 is 0. The number of nitrogens with zero attached hydrogens (tertiary/aromatic N) is 2. The van der Waals surface area contributed by atoms with Crippen molar-refractivity contribution in [2.75, 3.05) is 6.61 Å². The molecule has 1 heterocycles. The lowest BCUT2D eigenvalue weighted by molar-refractivity contribution is -0.160. The maximum absolute atomic E-state index is 12.6. The van der Waals surface area contributed by atoms with Crippen molar-refractivity contribution in [1.29, 1.82) is 0 Å². The Morgan fingerprint density at radius 2 is 2.06 bits per heavy atom. The molecule has 11 heteroatoms. The van der Waals surface area contributed by atoms with Gasteiger partial charge in [0.15, 0.2) is 16.7 Å². The van der Waals surface area contributed by atoms with E-state index in [0.29, 0.717) is 0 Å². The van der Waals surface area contributed by atoms with Crippen LogP contribution in [0.3, 0.4) is 0 Å². The summed E-state index contributed by atoms with van der Waals surface area (Å²) in [7, 11) is -6.19. The van der Waals surface area contributed by atoms with E-state index in [-0.39, 0.29) is 0 Å². The van der Waals surface area contributed by atoms with Crippen LogP contribution in [0.4, 0.5) is 8.78 Å². The minimum absolute atomic E-state index is 0.817. The molecule has 0 bridgehead atoms. The fraction of sp³-hybridized carbons (Fsp3) is 0.286. The third-order valence-corrected chi connectivity index (χ3v) is 2.47. The Balaban J connectivity index is 2.65. The number of esters is 1. The van der Waals surface area contributed by atoms with Crippen molar-refractivity contribution < 1.29 is 36.1 Å². The van der Waals surface area contributed by atoms with E-state index in [0.717, 1.165) is 17.1 Å². The van der Waals surface area contributed by atoms with Crippen LogP contribution in [-0.4, -0.2) is 46.3 Å². The molecule has 0 radical (unpaired) electrons. The van der Waals surface area contributed by atoms with E-state index in [1.165, 1.54) is 6.20 Å². The van der Waals surface area contributed by atoms with Gasteiger partial charge in [0.25, 0.3) is 5.91 Å². The van der Waals surface area contributed by atoms with Gasteiger partial charge in [-0.2, -0.15) is 8.78 Å². The summed E-state index contributed by atoms with van der Waals surface area (Å²) in [5.74, 6) is -3.55. The van der Waals surface area contributed by atoms with Gasteiger partial charge in [0.1, 0.15) is 6.33 Å². The minimum Gasteiger partial charge on any atom is -0.743 e. The maximum Gasteiger partial charge on any atom is 0.428 e. The van der Waals surface area contributed by atoms with Crippen LogP contribution in [-0.2, 0) is 19.6 Å². The number of carbonyl (C=O) groups excluding carboxylic acids is 2. The Morgan fingerprint density at radius 1 is 1.44 bits per heavy atom. The summed E-state index contributed by atoms with van der Waals surface area (Å²) in [6.45, 7) is -1.15. The SMILES string of the molecule is O=C(COC(=O)C(F)(F)S(=O)(=O)[O-])n1ccnc1. The predicted molar refractivity (Wildman–Crippen MR) is 48.5 cm³/mol. The lowest BCUT2D eigenvalue weighted by Crippen LogP contribution is -2.40. The summed E-state index contributed by atoms with van der Waals surface area (Å²) < 4.78 is 60.0. The molecule has 0 spiro atoms. The first-order valence-electron chi connectivity index (χ1n) is 4.18. The maximum atomic E-state index is 12.6. The van der Waals surface area contributed by atoms with Gasteiger partial charge in [0, 0.05) is 12.4 Å². The first-order valence-corrected chi connectivity index (χ1v) is 5.58. The molecule has 0 N–H and O–H groups in total. The summed E-state index contributed by atoms with van der Waals surface area (Å²) in [5, 5.41) is -5.23. The van der Waals surface area contributed by atoms with Crippen molar-refractivity contribution in [3.63, 3.8) is 0 Å². The second-order valence-electron chi connectivity index (χ2n) is 2.91. The molecule has 0 atom stereocenters. The molecule has 0 unspecified atom stereocenters. The second kappa shape index (κ2) is 4.78. The van der Waals surface area contributed by atoms with Crippen LogP contribution in [0.25, 0.3) is 0 Å². The van der Waals surface area contributed by atoms with Gasteiger partial charge in [-0.25, -0.2) is 18.2 Å². The Kier molecular flexibility index (Phi) is 3.76. The van der Waals surface area contributed by atoms with Gasteiger partial charge in [0.2, 0.25) is 0 Å². The molecule has 0 fully saturated rings. The van der Waals surface area contributed by atoms with Gasteiger partial charge in [0.05, 0.1) is 0 Å². The van der Waals surface area contributed by atoms with Crippen LogP contribution >= 0.6 is 0 Å². The Morgan fingerprint density at radius 3 is 2.50 bits per heavy atom. The molecule has 0 saturated heterocycles. The van der Waals surface area contributed by atoms with Gasteiger partial charge in [-0.1, -0.05) is 0 Å². The van der Waals surface area contributed by atoms with Gasteiger partial charge < -0.3 is 9.29 Å². The second-order valence-corrected chi connectivity index (χ2v) is 4.33. The monoisotopic (exact) mass is 283 g/mol. The minimum atomic E-state index is -6.19. The highest BCUT2D eigenvalue weighted by molar-refractivity contribution is 7.87. The third kappa shape index (κ3) is 2.87. The van der Waals surface area contributed by atoms with Crippen molar-refractivity contribution in [3.8, 4) is 0 Å². The number of hydrogen-bond donors (Lipinski definition) is 0. The summed E-state index contributed by atoms with van der Waals surface area (Å²) in [6, 6.07) is 0. The zero-order valence-electron chi connectivity index (χ0n) is 8.45. The smallest absolute Gasteiger partial charge is 0.428 e. The van der Waals surface area contributed by atoms with Crippen molar-refractivity contribution >= 4 is 22.0 Å². The number of alkyl halides is 2. The summed E-state index contributed by atoms with van der Waals surface area (Å²) in [4.78, 5) is 25.3. The first-order chi connectivity index (χ1) is 8.16. The van der Waals surface area contributed by atoms with Crippen LogP contribution in [0.15, 0.2) is 18.7 Å². The molecular weight excluding hydrogens is 278 g/mol. The summed E-state index contributed by atoms with van der Waals surface area (Å²) in [6.07, 6.45) is 3.37. The molecule has 0 aliphatic rings. The highest BCUT2D eigenvalue weighted by Crippen LogP contribution is 2.21. The van der Waals surface area contributed by atoms with Crippen LogP contribution < -0.4 is 0 Å². The highest BCUT2D eigenvalue weighted by atomic mass is 32.2. The van der Waals surface area contributed by atoms with Crippen LogP contribution in [0.2, 0.25) is 0 Å². The Hall–Kier alpha value is -1.88. The van der Waals surface area contributed by atoms with Crippen LogP contribution in [0.5, 0.6) is 0 Å². The first kappa shape index (κ1) is 14.2. The van der Waals surface area contributed by atoms with Crippen LogP contribution in [0, 0.1) is 0 Å². The molecule has 0 aliphatic heterocycles. The molecule has 0 amide bonds. The largest absolute Gasteiger partial charge is 0.743 e. The average molecular weight is 283 g/mol. The van der Waals surface area contributed by atoms with Gasteiger partial charge >= 0.3 is 11.2 Å². The lowest BCUT2D eigenvalue weighted by Gasteiger charge is -2.17. The van der Waals surface area contributed by atoms with E-state index in [2.05, 4.69) is 9.72 Å². The van der Waals surface area contributed by atoms with Crippen molar-refractivity contribution in [3.05, 3.63) is 18.7 Å². The molecule has 1 aromatic heterocycles. The van der Waals surface area contributed by atoms with Gasteiger partial charge in [-0.05, 0) is 0 Å². The zero-order valence-corrected chi connectivity index (χ0v) is 9.26. The molecule has 8 nitrogen and oxygen atoms in total. The number of halogens is 2. The average Bonchev–Trinajstić information content (AvgIpc) is 2.76. The Bertz CT molecular complexity index is 553. The number of ether oxygens (including phenoxy) is 1. The standard InChI is InChI=1S/C7H6F2N2O6S/c8-7(9,18(14,15)16)6(13)17-3-5(12)11-2-1-10-4-11/h1-2,4H,3H2,(H,14,15,16)/p-1. The molecule has 0 aromatic carbocycles. The fourth-order valence-corrected chi connectivity index (χ4v) is 1.06. The quantitative estimate of drug-likeness (QED) is 0.524. The molecular formula is C7H5F2N2O6S-. The van der Waals surface area contributed by atoms with Crippen molar-refractivity contribution in [2.45, 2.75) is 5.25 Å². The molecule has 1 rings (SSSR count). The summed E-state index contributed by atoms with van der Waals surface area (Å²) in [5.41, 5.74) is 0. The molecule has 18 heavy (non-hydrogen) atoms. The highest BCUT2D eigenvalue weighted by Gasteiger charge is 2.48. The fourth-order valence-electron chi connectivity index (χ4n) is 0.795.